The van der Waals surface area contributed by atoms with Gasteiger partial charge in [0, 0.05) is 13.1 Å². The minimum absolute atomic E-state index is 0.0723. The molecule has 0 aliphatic heterocycles. The first-order valence-electron chi connectivity index (χ1n) is 10.1. The molecule has 2 aromatic carbocycles. The van der Waals surface area contributed by atoms with Gasteiger partial charge in [-0.2, -0.15) is 0 Å². The summed E-state index contributed by atoms with van der Waals surface area (Å²) in [7, 11) is 0. The third-order valence-corrected chi connectivity index (χ3v) is 5.27. The fourth-order valence-corrected chi connectivity index (χ4v) is 3.66. The third-order valence-electron chi connectivity index (χ3n) is 5.27. The highest BCUT2D eigenvalue weighted by atomic mass is 19.1. The van der Waals surface area contributed by atoms with Gasteiger partial charge in [-0.05, 0) is 41.3 Å². The van der Waals surface area contributed by atoms with Crippen LogP contribution in [0.3, 0.4) is 0 Å². The summed E-state index contributed by atoms with van der Waals surface area (Å²) >= 11 is 0. The summed E-state index contributed by atoms with van der Waals surface area (Å²) in [5.74, 6) is -0.000809. The molecule has 0 spiro atoms. The molecule has 0 atom stereocenters. The lowest BCUT2D eigenvalue weighted by molar-refractivity contribution is 0.623. The second-order valence-corrected chi connectivity index (χ2v) is 7.74. The molecule has 2 aromatic heterocycles. The fourth-order valence-electron chi connectivity index (χ4n) is 3.66. The Morgan fingerprint density at radius 1 is 1.13 bits per heavy atom. The monoisotopic (exact) mass is 418 g/mol. The standard InChI is InChI=1S/C24H23FN4O2/c1-4-12-28-23(30)21-22(26-15-27(21)14-17-6-5-7-19(25)13-17)29(24(28)31)20-10-8-18(9-11-20)16(2)3/h4-11,13,15-16H,1,12,14H2,2-3H3. The van der Waals surface area contributed by atoms with Crippen LogP contribution < -0.4 is 11.2 Å². The van der Waals surface area contributed by atoms with Gasteiger partial charge in [0.05, 0.1) is 12.0 Å². The van der Waals surface area contributed by atoms with Crippen molar-refractivity contribution in [3.8, 4) is 5.69 Å². The average Bonchev–Trinajstić information content (AvgIpc) is 3.15. The molecule has 31 heavy (non-hydrogen) atoms. The second kappa shape index (κ2) is 8.18. The molecule has 0 bridgehead atoms. The molecule has 7 heteroatoms. The summed E-state index contributed by atoms with van der Waals surface area (Å²) in [4.78, 5) is 30.8. The summed E-state index contributed by atoms with van der Waals surface area (Å²) in [5.41, 5.74) is 2.06. The number of fused-ring (bicyclic) bond motifs is 1. The van der Waals surface area contributed by atoms with Crippen LogP contribution in [0.1, 0.15) is 30.9 Å². The van der Waals surface area contributed by atoms with Gasteiger partial charge in [-0.25, -0.2) is 18.7 Å². The molecule has 0 saturated heterocycles. The smallest absolute Gasteiger partial charge is 0.320 e. The van der Waals surface area contributed by atoms with Crippen molar-refractivity contribution in [3.05, 3.63) is 105 Å². The number of hydrogen-bond acceptors (Lipinski definition) is 3. The predicted octanol–water partition coefficient (Wildman–Crippen LogP) is 3.85. The Bertz CT molecular complexity index is 1380. The van der Waals surface area contributed by atoms with Gasteiger partial charge >= 0.3 is 5.69 Å². The lowest BCUT2D eigenvalue weighted by atomic mass is 10.0. The average molecular weight is 418 g/mol. The van der Waals surface area contributed by atoms with Gasteiger partial charge in [0.15, 0.2) is 11.2 Å². The van der Waals surface area contributed by atoms with Gasteiger partial charge in [-0.1, -0.05) is 44.2 Å². The first-order chi connectivity index (χ1) is 14.9. The van der Waals surface area contributed by atoms with Crippen molar-refractivity contribution in [3.63, 3.8) is 0 Å². The van der Waals surface area contributed by atoms with Gasteiger partial charge < -0.3 is 4.57 Å². The second-order valence-electron chi connectivity index (χ2n) is 7.74. The molecule has 0 amide bonds. The Morgan fingerprint density at radius 2 is 1.87 bits per heavy atom. The van der Waals surface area contributed by atoms with E-state index in [4.69, 9.17) is 0 Å². The SMILES string of the molecule is C=CCn1c(=O)c2c(ncn2Cc2cccc(F)c2)n(-c2ccc(C(C)C)cc2)c1=O. The Balaban J connectivity index is 1.96. The minimum Gasteiger partial charge on any atom is -0.320 e. The molecule has 158 valence electrons. The van der Waals surface area contributed by atoms with Gasteiger partial charge in [-0.15, -0.1) is 6.58 Å². The van der Waals surface area contributed by atoms with Crippen molar-refractivity contribution < 1.29 is 4.39 Å². The number of allylic oxidation sites excluding steroid dienone is 1. The summed E-state index contributed by atoms with van der Waals surface area (Å²) < 4.78 is 17.8. The first-order valence-corrected chi connectivity index (χ1v) is 10.1. The highest BCUT2D eigenvalue weighted by molar-refractivity contribution is 5.72. The number of benzene rings is 2. The van der Waals surface area contributed by atoms with Crippen LogP contribution in [-0.2, 0) is 13.1 Å². The topological polar surface area (TPSA) is 61.8 Å². The number of hydrogen-bond donors (Lipinski definition) is 0. The van der Waals surface area contributed by atoms with E-state index in [1.807, 2.05) is 24.3 Å². The largest absolute Gasteiger partial charge is 0.337 e. The lowest BCUT2D eigenvalue weighted by Gasteiger charge is -2.13. The van der Waals surface area contributed by atoms with E-state index in [0.29, 0.717) is 17.2 Å². The van der Waals surface area contributed by atoms with Gasteiger partial charge in [0.2, 0.25) is 0 Å². The van der Waals surface area contributed by atoms with Crippen LogP contribution in [0.2, 0.25) is 0 Å². The molecule has 0 radical (unpaired) electrons. The molecule has 4 aromatic rings. The number of imidazole rings is 1. The van der Waals surface area contributed by atoms with E-state index in [-0.39, 0.29) is 30.1 Å². The molecular weight excluding hydrogens is 395 g/mol. The maximum absolute atomic E-state index is 13.6. The number of rotatable bonds is 6. The molecule has 0 fully saturated rings. The maximum atomic E-state index is 13.6. The molecule has 2 heterocycles. The molecular formula is C24H23FN4O2. The van der Waals surface area contributed by atoms with Crippen LogP contribution in [0.5, 0.6) is 0 Å². The minimum atomic E-state index is -0.481. The predicted molar refractivity (Wildman–Crippen MR) is 119 cm³/mol. The zero-order valence-electron chi connectivity index (χ0n) is 17.5. The van der Waals surface area contributed by atoms with Gasteiger partial charge in [0.25, 0.3) is 5.56 Å². The fraction of sp³-hybridized carbons (Fsp3) is 0.208. The first kappa shape index (κ1) is 20.5. The van der Waals surface area contributed by atoms with Gasteiger partial charge in [-0.3, -0.25) is 9.36 Å². The van der Waals surface area contributed by atoms with Crippen LogP contribution in [0.4, 0.5) is 4.39 Å². The van der Waals surface area contributed by atoms with Crippen molar-refractivity contribution in [1.82, 2.24) is 18.7 Å². The Hall–Kier alpha value is -3.74. The van der Waals surface area contributed by atoms with Crippen molar-refractivity contribution in [2.45, 2.75) is 32.9 Å². The number of halogens is 1. The molecule has 4 rings (SSSR count). The Morgan fingerprint density at radius 3 is 2.52 bits per heavy atom. The van der Waals surface area contributed by atoms with Crippen molar-refractivity contribution in [1.29, 1.82) is 0 Å². The molecule has 6 nitrogen and oxygen atoms in total. The van der Waals surface area contributed by atoms with Crippen molar-refractivity contribution in [2.75, 3.05) is 0 Å². The lowest BCUT2D eigenvalue weighted by Crippen LogP contribution is -2.39. The summed E-state index contributed by atoms with van der Waals surface area (Å²) in [6.45, 7) is 8.18. The van der Waals surface area contributed by atoms with Crippen molar-refractivity contribution >= 4 is 11.2 Å². The molecule has 0 aliphatic rings. The van der Waals surface area contributed by atoms with Crippen molar-refractivity contribution in [2.24, 2.45) is 0 Å². The highest BCUT2D eigenvalue weighted by Gasteiger charge is 2.19. The van der Waals surface area contributed by atoms with E-state index in [2.05, 4.69) is 25.4 Å². The summed E-state index contributed by atoms with van der Waals surface area (Å²) in [6.07, 6.45) is 3.02. The molecule has 0 aliphatic carbocycles. The van der Waals surface area contributed by atoms with E-state index in [9.17, 15) is 14.0 Å². The molecule has 0 saturated carbocycles. The Kier molecular flexibility index (Phi) is 5.42. The number of aromatic nitrogens is 4. The maximum Gasteiger partial charge on any atom is 0.337 e. The van der Waals surface area contributed by atoms with Crippen LogP contribution in [-0.4, -0.2) is 18.7 Å². The van der Waals surface area contributed by atoms with E-state index in [0.717, 1.165) is 10.1 Å². The highest BCUT2D eigenvalue weighted by Crippen LogP contribution is 2.19. The zero-order valence-corrected chi connectivity index (χ0v) is 17.5. The van der Waals surface area contributed by atoms with Crippen LogP contribution in [0, 0.1) is 5.82 Å². The zero-order chi connectivity index (χ0) is 22.1. The third kappa shape index (κ3) is 3.74. The Labute approximate surface area is 178 Å². The summed E-state index contributed by atoms with van der Waals surface area (Å²) in [6, 6.07) is 13.8. The molecule has 0 unspecified atom stereocenters. The van der Waals surface area contributed by atoms with Crippen LogP contribution >= 0.6 is 0 Å². The van der Waals surface area contributed by atoms with Crippen LogP contribution in [0.25, 0.3) is 16.9 Å². The van der Waals surface area contributed by atoms with E-state index in [1.165, 1.54) is 29.1 Å². The molecule has 0 N–H and O–H groups in total. The van der Waals surface area contributed by atoms with Gasteiger partial charge in [0.1, 0.15) is 5.82 Å². The summed E-state index contributed by atoms with van der Waals surface area (Å²) in [5, 5.41) is 0. The number of nitrogens with zero attached hydrogens (tertiary/aromatic N) is 4. The van der Waals surface area contributed by atoms with E-state index >= 15 is 0 Å². The van der Waals surface area contributed by atoms with E-state index in [1.54, 1.807) is 16.7 Å². The quantitative estimate of drug-likeness (QED) is 0.447. The van der Waals surface area contributed by atoms with E-state index < -0.39 is 11.2 Å². The van der Waals surface area contributed by atoms with Crippen LogP contribution in [0.15, 0.2) is 77.1 Å². The normalized spacial score (nSPS) is 11.4.